The molecule has 0 fully saturated rings. The molecule has 0 spiro atoms. The number of hydrogen-bond acceptors (Lipinski definition) is 2. The first-order valence-electron chi connectivity index (χ1n) is 4.40. The highest BCUT2D eigenvalue weighted by atomic mass is 32.1. The van der Waals surface area contributed by atoms with E-state index in [2.05, 4.69) is 34.9 Å². The Morgan fingerprint density at radius 3 is 2.79 bits per heavy atom. The van der Waals surface area contributed by atoms with Crippen molar-refractivity contribution in [2.24, 2.45) is 10.8 Å². The van der Waals surface area contributed by atoms with Gasteiger partial charge in [0.15, 0.2) is 5.11 Å². The molecule has 3 nitrogen and oxygen atoms in total. The summed E-state index contributed by atoms with van der Waals surface area (Å²) in [4.78, 5) is 0. The van der Waals surface area contributed by atoms with Crippen LogP contribution < -0.4 is 11.2 Å². The van der Waals surface area contributed by atoms with Crippen LogP contribution >= 0.6 is 12.2 Å². The second-order valence-electron chi connectivity index (χ2n) is 2.81. The van der Waals surface area contributed by atoms with Crippen molar-refractivity contribution in [3.63, 3.8) is 0 Å². The fraction of sp³-hybridized carbons (Fsp3) is 0.200. The number of benzene rings is 1. The second-order valence-corrected chi connectivity index (χ2v) is 3.25. The van der Waals surface area contributed by atoms with E-state index in [-0.39, 0.29) is 5.11 Å². The number of hydrazone groups is 1. The SMILES string of the molecule is NC(=S)N/N=C/CCc1ccccc1. The molecule has 0 amide bonds. The Labute approximate surface area is 89.0 Å². The lowest BCUT2D eigenvalue weighted by Gasteiger charge is -1.96. The third-order valence-corrected chi connectivity index (χ3v) is 1.76. The van der Waals surface area contributed by atoms with Gasteiger partial charge in [0.05, 0.1) is 0 Å². The van der Waals surface area contributed by atoms with Gasteiger partial charge in [0.2, 0.25) is 0 Å². The summed E-state index contributed by atoms with van der Waals surface area (Å²) in [5.74, 6) is 0. The van der Waals surface area contributed by atoms with Crippen LogP contribution in [0.4, 0.5) is 0 Å². The minimum atomic E-state index is 0.195. The first kappa shape index (κ1) is 10.7. The van der Waals surface area contributed by atoms with Gasteiger partial charge >= 0.3 is 0 Å². The van der Waals surface area contributed by atoms with Gasteiger partial charge in [0.25, 0.3) is 0 Å². The van der Waals surface area contributed by atoms with Crippen molar-refractivity contribution < 1.29 is 0 Å². The maximum Gasteiger partial charge on any atom is 0.184 e. The molecule has 1 aromatic rings. The molecule has 0 aliphatic carbocycles. The second kappa shape index (κ2) is 6.10. The largest absolute Gasteiger partial charge is 0.375 e. The van der Waals surface area contributed by atoms with Gasteiger partial charge in [-0.1, -0.05) is 30.3 Å². The molecule has 74 valence electrons. The summed E-state index contributed by atoms with van der Waals surface area (Å²) in [6.45, 7) is 0. The molecule has 1 rings (SSSR count). The van der Waals surface area contributed by atoms with E-state index in [1.54, 1.807) is 6.21 Å². The first-order valence-corrected chi connectivity index (χ1v) is 4.81. The van der Waals surface area contributed by atoms with Crippen molar-refractivity contribution in [2.45, 2.75) is 12.8 Å². The molecular weight excluding hydrogens is 194 g/mol. The van der Waals surface area contributed by atoms with Gasteiger partial charge in [-0.3, -0.25) is 5.43 Å². The minimum absolute atomic E-state index is 0.195. The highest BCUT2D eigenvalue weighted by Gasteiger charge is 1.88. The average Bonchev–Trinajstić information content (AvgIpc) is 2.18. The van der Waals surface area contributed by atoms with Crippen LogP contribution in [-0.2, 0) is 6.42 Å². The summed E-state index contributed by atoms with van der Waals surface area (Å²) < 4.78 is 0. The van der Waals surface area contributed by atoms with E-state index in [0.717, 1.165) is 12.8 Å². The number of hydrogen-bond donors (Lipinski definition) is 2. The number of nitrogens with one attached hydrogen (secondary N) is 1. The highest BCUT2D eigenvalue weighted by molar-refractivity contribution is 7.80. The first-order chi connectivity index (χ1) is 6.79. The van der Waals surface area contributed by atoms with Gasteiger partial charge in [-0.2, -0.15) is 5.10 Å². The zero-order valence-corrected chi connectivity index (χ0v) is 8.63. The molecule has 0 aliphatic heterocycles. The molecule has 1 aromatic carbocycles. The fourth-order valence-electron chi connectivity index (χ4n) is 1.05. The van der Waals surface area contributed by atoms with Crippen LogP contribution in [0.3, 0.4) is 0 Å². The Hall–Kier alpha value is -1.42. The summed E-state index contributed by atoms with van der Waals surface area (Å²) >= 11 is 4.59. The molecule has 0 aromatic heterocycles. The normalized spacial score (nSPS) is 10.3. The van der Waals surface area contributed by atoms with E-state index < -0.39 is 0 Å². The van der Waals surface area contributed by atoms with Crippen LogP contribution in [0.5, 0.6) is 0 Å². The third-order valence-electron chi connectivity index (χ3n) is 1.67. The Balaban J connectivity index is 2.22. The number of aryl methyl sites for hydroxylation is 1. The Morgan fingerprint density at radius 1 is 1.43 bits per heavy atom. The number of rotatable bonds is 4. The zero-order chi connectivity index (χ0) is 10.2. The molecule has 0 unspecified atom stereocenters. The van der Waals surface area contributed by atoms with E-state index >= 15 is 0 Å². The fourth-order valence-corrected chi connectivity index (χ4v) is 1.10. The summed E-state index contributed by atoms with van der Waals surface area (Å²) in [7, 11) is 0. The van der Waals surface area contributed by atoms with Crippen molar-refractivity contribution in [2.75, 3.05) is 0 Å². The van der Waals surface area contributed by atoms with E-state index in [0.29, 0.717) is 0 Å². The summed E-state index contributed by atoms with van der Waals surface area (Å²) in [5, 5.41) is 4.04. The molecule has 14 heavy (non-hydrogen) atoms. The highest BCUT2D eigenvalue weighted by Crippen LogP contribution is 2.00. The van der Waals surface area contributed by atoms with E-state index in [4.69, 9.17) is 5.73 Å². The quantitative estimate of drug-likeness (QED) is 0.446. The average molecular weight is 207 g/mol. The van der Waals surface area contributed by atoms with E-state index in [1.807, 2.05) is 18.2 Å². The molecule has 0 radical (unpaired) electrons. The number of thiocarbonyl (C=S) groups is 1. The molecule has 0 atom stereocenters. The van der Waals surface area contributed by atoms with E-state index in [9.17, 15) is 0 Å². The zero-order valence-electron chi connectivity index (χ0n) is 7.81. The van der Waals surface area contributed by atoms with Crippen LogP contribution in [0, 0.1) is 0 Å². The lowest BCUT2D eigenvalue weighted by molar-refractivity contribution is 0.995. The van der Waals surface area contributed by atoms with Gasteiger partial charge in [0, 0.05) is 6.21 Å². The smallest absolute Gasteiger partial charge is 0.184 e. The molecule has 0 aliphatic rings. The Morgan fingerprint density at radius 2 is 2.14 bits per heavy atom. The maximum atomic E-state index is 5.19. The molecule has 0 saturated carbocycles. The van der Waals surface area contributed by atoms with Crippen molar-refractivity contribution >= 4 is 23.5 Å². The summed E-state index contributed by atoms with van der Waals surface area (Å²) in [5.41, 5.74) is 9.00. The third kappa shape index (κ3) is 4.57. The Bertz CT molecular complexity index is 308. The van der Waals surface area contributed by atoms with Gasteiger partial charge in [-0.05, 0) is 30.6 Å². The van der Waals surface area contributed by atoms with Crippen molar-refractivity contribution in [3.8, 4) is 0 Å². The molecular formula is C10H13N3S. The van der Waals surface area contributed by atoms with Crippen molar-refractivity contribution in [1.29, 1.82) is 0 Å². The molecule has 0 heterocycles. The standard InChI is InChI=1S/C10H13N3S/c11-10(14)13-12-8-4-7-9-5-2-1-3-6-9/h1-3,5-6,8H,4,7H2,(H3,11,13,14)/b12-8+. The Kier molecular flexibility index (Phi) is 4.64. The molecule has 0 bridgehead atoms. The van der Waals surface area contributed by atoms with Crippen LogP contribution in [0.2, 0.25) is 0 Å². The minimum Gasteiger partial charge on any atom is -0.375 e. The summed E-state index contributed by atoms with van der Waals surface area (Å²) in [6.07, 6.45) is 3.62. The topological polar surface area (TPSA) is 50.4 Å². The molecule has 0 saturated heterocycles. The molecule has 4 heteroatoms. The number of nitrogens with two attached hydrogens (primary N) is 1. The van der Waals surface area contributed by atoms with Crippen molar-refractivity contribution in [1.82, 2.24) is 5.43 Å². The van der Waals surface area contributed by atoms with Gasteiger partial charge in [-0.25, -0.2) is 0 Å². The maximum absolute atomic E-state index is 5.19. The van der Waals surface area contributed by atoms with Crippen LogP contribution in [0.1, 0.15) is 12.0 Å². The van der Waals surface area contributed by atoms with Crippen LogP contribution in [0.15, 0.2) is 35.4 Å². The lowest BCUT2D eigenvalue weighted by Crippen LogP contribution is -2.23. The van der Waals surface area contributed by atoms with Crippen LogP contribution in [0.25, 0.3) is 0 Å². The number of nitrogens with zero attached hydrogens (tertiary/aromatic N) is 1. The van der Waals surface area contributed by atoms with Gasteiger partial charge in [0.1, 0.15) is 0 Å². The summed E-state index contributed by atoms with van der Waals surface area (Å²) in [6, 6.07) is 10.2. The monoisotopic (exact) mass is 207 g/mol. The predicted molar refractivity (Wildman–Crippen MR) is 63.2 cm³/mol. The van der Waals surface area contributed by atoms with E-state index in [1.165, 1.54) is 5.56 Å². The van der Waals surface area contributed by atoms with Gasteiger partial charge < -0.3 is 5.73 Å². The predicted octanol–water partition coefficient (Wildman–Crippen LogP) is 1.44. The van der Waals surface area contributed by atoms with Gasteiger partial charge in [-0.15, -0.1) is 0 Å². The van der Waals surface area contributed by atoms with Crippen molar-refractivity contribution in [3.05, 3.63) is 35.9 Å². The lowest BCUT2D eigenvalue weighted by atomic mass is 10.1. The van der Waals surface area contributed by atoms with Crippen LogP contribution in [-0.4, -0.2) is 11.3 Å². The molecule has 3 N–H and O–H groups in total.